The molecule has 0 saturated carbocycles. The van der Waals surface area contributed by atoms with E-state index in [1.807, 2.05) is 19.9 Å². The molecule has 1 fully saturated rings. The lowest BCUT2D eigenvalue weighted by Gasteiger charge is -2.31. The van der Waals surface area contributed by atoms with Gasteiger partial charge in [-0.05, 0) is 55.4 Å². The van der Waals surface area contributed by atoms with E-state index in [1.165, 1.54) is 17.7 Å². The lowest BCUT2D eigenvalue weighted by atomic mass is 10.0. The van der Waals surface area contributed by atoms with Crippen molar-refractivity contribution >= 4 is 29.1 Å². The van der Waals surface area contributed by atoms with Gasteiger partial charge in [0, 0.05) is 11.4 Å². The standard InChI is InChI=1S/C23H27N3O3S/c1-15(2)20(26-22(28)16-8-3-4-9-17(16)23(26)29)21(27)24-14-18(19-10-7-13-30-19)25-11-5-6-12-25/h3-4,7-10,13,15,18,20H,5-6,11-12,14H2,1-2H3,(H,24,27). The van der Waals surface area contributed by atoms with E-state index in [9.17, 15) is 14.4 Å². The van der Waals surface area contributed by atoms with Crippen molar-refractivity contribution < 1.29 is 14.4 Å². The van der Waals surface area contributed by atoms with Crippen molar-refractivity contribution in [3.63, 3.8) is 0 Å². The predicted octanol–water partition coefficient (Wildman–Crippen LogP) is 3.32. The molecule has 7 heteroatoms. The molecule has 1 aromatic carbocycles. The number of nitrogens with zero attached hydrogens (tertiary/aromatic N) is 2. The van der Waals surface area contributed by atoms with Crippen LogP contribution in [-0.4, -0.2) is 53.2 Å². The fraction of sp³-hybridized carbons (Fsp3) is 0.435. The Kier molecular flexibility index (Phi) is 6.01. The first kappa shape index (κ1) is 20.8. The molecule has 4 rings (SSSR count). The number of rotatable bonds is 7. The molecule has 2 unspecified atom stereocenters. The van der Waals surface area contributed by atoms with E-state index in [0.29, 0.717) is 17.7 Å². The number of nitrogens with one attached hydrogen (secondary N) is 1. The zero-order chi connectivity index (χ0) is 21.3. The molecule has 6 nitrogen and oxygen atoms in total. The molecule has 2 aromatic rings. The Morgan fingerprint density at radius 2 is 1.67 bits per heavy atom. The topological polar surface area (TPSA) is 69.7 Å². The summed E-state index contributed by atoms with van der Waals surface area (Å²) in [5.41, 5.74) is 0.740. The number of fused-ring (bicyclic) bond motifs is 1. The number of thiophene rings is 1. The van der Waals surface area contributed by atoms with Crippen molar-refractivity contribution in [2.45, 2.75) is 38.8 Å². The molecule has 3 heterocycles. The van der Waals surface area contributed by atoms with Crippen LogP contribution in [0.4, 0.5) is 0 Å². The van der Waals surface area contributed by atoms with E-state index in [-0.39, 0.29) is 17.9 Å². The van der Waals surface area contributed by atoms with E-state index >= 15 is 0 Å². The molecule has 2 atom stereocenters. The molecule has 1 aromatic heterocycles. The van der Waals surface area contributed by atoms with Crippen LogP contribution in [0.5, 0.6) is 0 Å². The van der Waals surface area contributed by atoms with Crippen molar-refractivity contribution in [2.75, 3.05) is 19.6 Å². The van der Waals surface area contributed by atoms with Gasteiger partial charge >= 0.3 is 0 Å². The molecule has 0 spiro atoms. The Balaban J connectivity index is 1.52. The van der Waals surface area contributed by atoms with Crippen molar-refractivity contribution in [1.29, 1.82) is 0 Å². The van der Waals surface area contributed by atoms with Gasteiger partial charge in [0.25, 0.3) is 11.8 Å². The Morgan fingerprint density at radius 3 is 2.20 bits per heavy atom. The monoisotopic (exact) mass is 425 g/mol. The van der Waals surface area contributed by atoms with Crippen LogP contribution < -0.4 is 5.32 Å². The van der Waals surface area contributed by atoms with Crippen LogP contribution in [0.1, 0.15) is 58.3 Å². The first-order valence-corrected chi connectivity index (χ1v) is 11.4. The van der Waals surface area contributed by atoms with Gasteiger partial charge in [0.1, 0.15) is 6.04 Å². The van der Waals surface area contributed by atoms with Crippen molar-refractivity contribution in [2.24, 2.45) is 5.92 Å². The highest BCUT2D eigenvalue weighted by atomic mass is 32.1. The number of carbonyl (C=O) groups excluding carboxylic acids is 3. The predicted molar refractivity (Wildman–Crippen MR) is 116 cm³/mol. The summed E-state index contributed by atoms with van der Waals surface area (Å²) in [7, 11) is 0. The van der Waals surface area contributed by atoms with E-state index in [0.717, 1.165) is 18.0 Å². The molecule has 2 aliphatic heterocycles. The number of imide groups is 1. The van der Waals surface area contributed by atoms with Gasteiger partial charge in [0.05, 0.1) is 17.2 Å². The second kappa shape index (κ2) is 8.70. The third kappa shape index (κ3) is 3.79. The van der Waals surface area contributed by atoms with Crippen LogP contribution in [0, 0.1) is 5.92 Å². The third-order valence-corrected chi connectivity index (χ3v) is 6.90. The van der Waals surface area contributed by atoms with E-state index in [1.54, 1.807) is 35.6 Å². The van der Waals surface area contributed by atoms with Crippen LogP contribution in [-0.2, 0) is 4.79 Å². The molecule has 0 aliphatic carbocycles. The molecule has 0 radical (unpaired) electrons. The summed E-state index contributed by atoms with van der Waals surface area (Å²) in [4.78, 5) is 43.8. The highest BCUT2D eigenvalue weighted by molar-refractivity contribution is 7.10. The Labute approximate surface area is 180 Å². The lowest BCUT2D eigenvalue weighted by Crippen LogP contribution is -2.53. The summed E-state index contributed by atoms with van der Waals surface area (Å²) < 4.78 is 0. The fourth-order valence-corrected chi connectivity index (χ4v) is 5.29. The molecule has 2 aliphatic rings. The van der Waals surface area contributed by atoms with Crippen molar-refractivity contribution in [3.05, 3.63) is 57.8 Å². The molecule has 0 bridgehead atoms. The molecular weight excluding hydrogens is 398 g/mol. The van der Waals surface area contributed by atoms with Gasteiger partial charge < -0.3 is 5.32 Å². The fourth-order valence-electron chi connectivity index (χ4n) is 4.42. The number of hydrogen-bond acceptors (Lipinski definition) is 5. The van der Waals surface area contributed by atoms with Gasteiger partial charge in [-0.1, -0.05) is 32.0 Å². The highest BCUT2D eigenvalue weighted by Crippen LogP contribution is 2.29. The first-order valence-electron chi connectivity index (χ1n) is 10.5. The summed E-state index contributed by atoms with van der Waals surface area (Å²) in [6, 6.07) is 10.2. The van der Waals surface area contributed by atoms with E-state index < -0.39 is 17.9 Å². The minimum absolute atomic E-state index is 0.117. The number of hydrogen-bond donors (Lipinski definition) is 1. The minimum Gasteiger partial charge on any atom is -0.352 e. The molecule has 1 N–H and O–H groups in total. The lowest BCUT2D eigenvalue weighted by molar-refractivity contribution is -0.126. The van der Waals surface area contributed by atoms with Gasteiger partial charge in [-0.25, -0.2) is 0 Å². The van der Waals surface area contributed by atoms with E-state index in [4.69, 9.17) is 0 Å². The Morgan fingerprint density at radius 1 is 1.03 bits per heavy atom. The number of benzene rings is 1. The quantitative estimate of drug-likeness (QED) is 0.691. The maximum absolute atomic E-state index is 13.2. The van der Waals surface area contributed by atoms with Crippen LogP contribution in [0.2, 0.25) is 0 Å². The average Bonchev–Trinajstić information content (AvgIpc) is 3.48. The van der Waals surface area contributed by atoms with Gasteiger partial charge in [0.15, 0.2) is 0 Å². The van der Waals surface area contributed by atoms with Gasteiger partial charge in [0.2, 0.25) is 5.91 Å². The molecule has 158 valence electrons. The highest BCUT2D eigenvalue weighted by Gasteiger charge is 2.44. The van der Waals surface area contributed by atoms with Crippen LogP contribution >= 0.6 is 11.3 Å². The zero-order valence-corrected chi connectivity index (χ0v) is 18.2. The zero-order valence-electron chi connectivity index (χ0n) is 17.3. The molecule has 3 amide bonds. The largest absolute Gasteiger partial charge is 0.352 e. The minimum atomic E-state index is -0.833. The SMILES string of the molecule is CC(C)C(C(=O)NCC(c1cccs1)N1CCCC1)N1C(=O)c2ccccc2C1=O. The number of carbonyl (C=O) groups is 3. The van der Waals surface area contributed by atoms with Gasteiger partial charge in [-0.2, -0.15) is 0 Å². The summed E-state index contributed by atoms with van der Waals surface area (Å²) in [6.45, 7) is 6.23. The Bertz CT molecular complexity index is 900. The number of likely N-dealkylation sites (tertiary alicyclic amines) is 1. The van der Waals surface area contributed by atoms with E-state index in [2.05, 4.69) is 21.7 Å². The third-order valence-electron chi connectivity index (χ3n) is 5.93. The maximum Gasteiger partial charge on any atom is 0.262 e. The second-order valence-electron chi connectivity index (χ2n) is 8.23. The van der Waals surface area contributed by atoms with Crippen LogP contribution in [0.3, 0.4) is 0 Å². The molecule has 1 saturated heterocycles. The van der Waals surface area contributed by atoms with Crippen LogP contribution in [0.15, 0.2) is 41.8 Å². The summed E-state index contributed by atoms with van der Waals surface area (Å²) in [5.74, 6) is -1.25. The molecular formula is C23H27N3O3S. The van der Waals surface area contributed by atoms with Crippen molar-refractivity contribution in [1.82, 2.24) is 15.1 Å². The second-order valence-corrected chi connectivity index (χ2v) is 9.21. The smallest absolute Gasteiger partial charge is 0.262 e. The molecule has 30 heavy (non-hydrogen) atoms. The summed E-state index contributed by atoms with van der Waals surface area (Å²) >= 11 is 1.69. The summed E-state index contributed by atoms with van der Waals surface area (Å²) in [6.07, 6.45) is 2.33. The first-order chi connectivity index (χ1) is 14.5. The van der Waals surface area contributed by atoms with Gasteiger partial charge in [-0.15, -0.1) is 11.3 Å². The maximum atomic E-state index is 13.2. The normalized spacial score (nSPS) is 18.7. The van der Waals surface area contributed by atoms with Crippen LogP contribution in [0.25, 0.3) is 0 Å². The van der Waals surface area contributed by atoms with Crippen molar-refractivity contribution in [3.8, 4) is 0 Å². The number of amides is 3. The summed E-state index contributed by atoms with van der Waals surface area (Å²) in [5, 5.41) is 5.11. The average molecular weight is 426 g/mol. The van der Waals surface area contributed by atoms with Gasteiger partial charge in [-0.3, -0.25) is 24.2 Å². The Hall–Kier alpha value is -2.51.